The van der Waals surface area contributed by atoms with Gasteiger partial charge in [0, 0.05) is 37.6 Å². The predicted octanol–water partition coefficient (Wildman–Crippen LogP) is 12.8. The lowest BCUT2D eigenvalue weighted by molar-refractivity contribution is 0.669. The van der Waals surface area contributed by atoms with Gasteiger partial charge in [-0.1, -0.05) is 109 Å². The quantitative estimate of drug-likeness (QED) is 0.197. The number of hydrogen-bond acceptors (Lipinski definition) is 3. The van der Waals surface area contributed by atoms with Crippen molar-refractivity contribution in [3.8, 4) is 22.3 Å². The fourth-order valence-corrected chi connectivity index (χ4v) is 7.68. The van der Waals surface area contributed by atoms with E-state index in [0.29, 0.717) is 0 Å². The maximum absolute atomic E-state index is 6.08. The molecule has 0 aliphatic rings. The van der Waals surface area contributed by atoms with Gasteiger partial charge in [0.25, 0.3) is 0 Å². The molecule has 2 aromatic heterocycles. The van der Waals surface area contributed by atoms with Gasteiger partial charge in [-0.05, 0) is 76.9 Å². The third kappa shape index (κ3) is 4.40. The molecule has 0 fully saturated rings. The molecule has 0 bridgehead atoms. The van der Waals surface area contributed by atoms with E-state index in [-0.39, 0.29) is 0 Å². The highest BCUT2D eigenvalue weighted by Crippen LogP contribution is 2.45. The Hall–Kier alpha value is -5.64. The molecule has 9 rings (SSSR count). The highest BCUT2D eigenvalue weighted by Gasteiger charge is 2.18. The second-order valence-electron chi connectivity index (χ2n) is 11.4. The molecule has 0 N–H and O–H groups in total. The van der Waals surface area contributed by atoms with E-state index < -0.39 is 0 Å². The molecule has 0 aliphatic heterocycles. The van der Waals surface area contributed by atoms with Crippen molar-refractivity contribution in [1.29, 1.82) is 0 Å². The summed E-state index contributed by atoms with van der Waals surface area (Å²) in [6.07, 6.45) is 0. The number of nitrogens with zero attached hydrogens (tertiary/aromatic N) is 1. The van der Waals surface area contributed by atoms with Crippen molar-refractivity contribution in [2.75, 3.05) is 4.90 Å². The Morgan fingerprint density at radius 2 is 0.978 bits per heavy atom. The zero-order valence-corrected chi connectivity index (χ0v) is 25.2. The molecule has 0 radical (unpaired) electrons. The number of para-hydroxylation sites is 1. The molecule has 0 spiro atoms. The maximum atomic E-state index is 6.08. The number of benzene rings is 7. The standard InChI is InChI=1S/C42H27NOS/c1-2-9-28(10-3-1)29-17-22-32(23-18-29)43(38-14-8-13-36-35-12-5-7-16-41(35)45-42(36)38)33-24-19-30(20-25-33)31-21-26-40-37(27-31)34-11-4-6-15-39(34)44-40/h1-27H. The van der Waals surface area contributed by atoms with Crippen molar-refractivity contribution in [2.24, 2.45) is 0 Å². The Labute approximate surface area is 265 Å². The van der Waals surface area contributed by atoms with Crippen LogP contribution < -0.4 is 4.90 Å². The first-order valence-electron chi connectivity index (χ1n) is 15.2. The van der Waals surface area contributed by atoms with Crippen molar-refractivity contribution in [3.63, 3.8) is 0 Å². The van der Waals surface area contributed by atoms with Crippen molar-refractivity contribution < 1.29 is 4.42 Å². The van der Waals surface area contributed by atoms with Gasteiger partial charge < -0.3 is 9.32 Å². The van der Waals surface area contributed by atoms with Gasteiger partial charge >= 0.3 is 0 Å². The molecule has 0 atom stereocenters. The molecule has 0 saturated carbocycles. The molecular formula is C42H27NOS. The van der Waals surface area contributed by atoms with Crippen molar-refractivity contribution in [3.05, 3.63) is 164 Å². The van der Waals surface area contributed by atoms with E-state index in [4.69, 9.17) is 4.42 Å². The van der Waals surface area contributed by atoms with E-state index >= 15 is 0 Å². The predicted molar refractivity (Wildman–Crippen MR) is 192 cm³/mol. The van der Waals surface area contributed by atoms with Gasteiger partial charge in [0.05, 0.1) is 10.4 Å². The van der Waals surface area contributed by atoms with Gasteiger partial charge in [0.15, 0.2) is 0 Å². The highest BCUT2D eigenvalue weighted by molar-refractivity contribution is 7.26. The molecule has 45 heavy (non-hydrogen) atoms. The molecule has 3 heteroatoms. The lowest BCUT2D eigenvalue weighted by atomic mass is 10.0. The summed E-state index contributed by atoms with van der Waals surface area (Å²) in [5.74, 6) is 0. The minimum Gasteiger partial charge on any atom is -0.456 e. The normalized spacial score (nSPS) is 11.6. The van der Waals surface area contributed by atoms with E-state index in [1.54, 1.807) is 0 Å². The summed E-state index contributed by atoms with van der Waals surface area (Å²) in [5, 5.41) is 4.88. The van der Waals surface area contributed by atoms with Gasteiger partial charge in [-0.25, -0.2) is 0 Å². The van der Waals surface area contributed by atoms with Crippen LogP contribution in [0.1, 0.15) is 0 Å². The number of rotatable bonds is 5. The molecule has 212 valence electrons. The smallest absolute Gasteiger partial charge is 0.135 e. The van der Waals surface area contributed by atoms with Gasteiger partial charge in [-0.3, -0.25) is 0 Å². The summed E-state index contributed by atoms with van der Waals surface area (Å²) >= 11 is 1.86. The molecule has 0 saturated heterocycles. The number of thiophene rings is 1. The Kier molecular flexibility index (Phi) is 6.03. The molecular weight excluding hydrogens is 567 g/mol. The number of fused-ring (bicyclic) bond motifs is 6. The number of hydrogen-bond donors (Lipinski definition) is 0. The monoisotopic (exact) mass is 593 g/mol. The minimum absolute atomic E-state index is 0.915. The third-order valence-corrected chi connectivity index (χ3v) is 9.90. The molecule has 9 aromatic rings. The van der Waals surface area contributed by atoms with Crippen LogP contribution in [0.3, 0.4) is 0 Å². The van der Waals surface area contributed by atoms with E-state index in [1.165, 1.54) is 48.1 Å². The second-order valence-corrected chi connectivity index (χ2v) is 12.4. The second kappa shape index (κ2) is 10.5. The van der Waals surface area contributed by atoms with Gasteiger partial charge in [0.1, 0.15) is 11.2 Å². The Morgan fingerprint density at radius 1 is 0.400 bits per heavy atom. The summed E-state index contributed by atoms with van der Waals surface area (Å²) in [4.78, 5) is 2.39. The van der Waals surface area contributed by atoms with Crippen LogP contribution in [0.5, 0.6) is 0 Å². The first kappa shape index (κ1) is 25.8. The van der Waals surface area contributed by atoms with Crippen molar-refractivity contribution in [2.45, 2.75) is 0 Å². The molecule has 2 nitrogen and oxygen atoms in total. The van der Waals surface area contributed by atoms with Crippen LogP contribution >= 0.6 is 11.3 Å². The average molecular weight is 594 g/mol. The maximum Gasteiger partial charge on any atom is 0.135 e. The fraction of sp³-hybridized carbons (Fsp3) is 0. The molecule has 0 amide bonds. The van der Waals surface area contributed by atoms with E-state index in [2.05, 4.69) is 157 Å². The first-order chi connectivity index (χ1) is 22.3. The number of anilines is 3. The SMILES string of the molecule is c1ccc(-c2ccc(N(c3ccc(-c4ccc5oc6ccccc6c5c4)cc3)c3cccc4c3sc3ccccc34)cc2)cc1. The zero-order valence-electron chi connectivity index (χ0n) is 24.4. The number of furan rings is 1. The van der Waals surface area contributed by atoms with Crippen LogP contribution in [0.4, 0.5) is 17.1 Å². The molecule has 0 unspecified atom stereocenters. The largest absolute Gasteiger partial charge is 0.456 e. The average Bonchev–Trinajstić information content (AvgIpc) is 3.68. The van der Waals surface area contributed by atoms with Crippen molar-refractivity contribution >= 4 is 70.5 Å². The van der Waals surface area contributed by atoms with Gasteiger partial charge in [0.2, 0.25) is 0 Å². The summed E-state index contributed by atoms with van der Waals surface area (Å²) in [7, 11) is 0. The fourth-order valence-electron chi connectivity index (χ4n) is 6.48. The summed E-state index contributed by atoms with van der Waals surface area (Å²) in [5.41, 5.74) is 10.0. The summed E-state index contributed by atoms with van der Waals surface area (Å²) in [6.45, 7) is 0. The van der Waals surface area contributed by atoms with Crippen molar-refractivity contribution in [1.82, 2.24) is 0 Å². The van der Waals surface area contributed by atoms with Crippen LogP contribution in [-0.2, 0) is 0 Å². The van der Waals surface area contributed by atoms with Crippen LogP contribution in [0.15, 0.2) is 168 Å². The molecule has 7 aromatic carbocycles. The molecule has 0 aliphatic carbocycles. The third-order valence-electron chi connectivity index (χ3n) is 8.69. The Bertz CT molecular complexity index is 2470. The first-order valence-corrected chi connectivity index (χ1v) is 16.0. The lowest BCUT2D eigenvalue weighted by Gasteiger charge is -2.26. The van der Waals surface area contributed by atoms with Gasteiger partial charge in [-0.2, -0.15) is 0 Å². The Morgan fingerprint density at radius 3 is 1.76 bits per heavy atom. The minimum atomic E-state index is 0.915. The van der Waals surface area contributed by atoms with Crippen LogP contribution in [0.2, 0.25) is 0 Å². The van der Waals surface area contributed by atoms with Crippen LogP contribution in [0, 0.1) is 0 Å². The zero-order chi connectivity index (χ0) is 29.7. The van der Waals surface area contributed by atoms with E-state index in [1.807, 2.05) is 23.5 Å². The lowest BCUT2D eigenvalue weighted by Crippen LogP contribution is -2.10. The summed E-state index contributed by atoms with van der Waals surface area (Å²) in [6, 6.07) is 58.5. The van der Waals surface area contributed by atoms with E-state index in [0.717, 1.165) is 33.3 Å². The summed E-state index contributed by atoms with van der Waals surface area (Å²) < 4.78 is 8.67. The topological polar surface area (TPSA) is 16.4 Å². The molecule has 2 heterocycles. The Balaban J connectivity index is 1.17. The highest BCUT2D eigenvalue weighted by atomic mass is 32.1. The van der Waals surface area contributed by atoms with Crippen LogP contribution in [0.25, 0.3) is 64.4 Å². The van der Waals surface area contributed by atoms with Crippen LogP contribution in [-0.4, -0.2) is 0 Å². The van der Waals surface area contributed by atoms with Gasteiger partial charge in [-0.15, -0.1) is 11.3 Å². The van der Waals surface area contributed by atoms with E-state index in [9.17, 15) is 0 Å².